The Balaban J connectivity index is 2.43. The van der Waals surface area contributed by atoms with Crippen LogP contribution in [-0.4, -0.2) is 11.7 Å². The molecule has 0 saturated heterocycles. The molecule has 0 unspecified atom stereocenters. The van der Waals surface area contributed by atoms with Crippen LogP contribution in [-0.2, 0) is 5.54 Å². The largest absolute Gasteiger partial charge is 0.251 e. The average Bonchev–Trinajstić information content (AvgIpc) is 2.73. The van der Waals surface area contributed by atoms with E-state index in [2.05, 4.69) is 98.1 Å². The van der Waals surface area contributed by atoms with E-state index in [-0.39, 0.29) is 0 Å². The Hall–Kier alpha value is -3.13. The van der Waals surface area contributed by atoms with Gasteiger partial charge in [0.2, 0.25) is 0 Å². The van der Waals surface area contributed by atoms with Crippen LogP contribution < -0.4 is 0 Å². The quantitative estimate of drug-likeness (QED) is 0.300. The Labute approximate surface area is 156 Å². The van der Waals surface area contributed by atoms with Gasteiger partial charge in [-0.15, -0.1) is 0 Å². The molecule has 3 aromatic rings. The van der Waals surface area contributed by atoms with Crippen molar-refractivity contribution in [1.82, 2.24) is 5.01 Å². The smallest absolute Gasteiger partial charge is 0.138 e. The Morgan fingerprint density at radius 1 is 0.769 bits per heavy atom. The maximum atomic E-state index is 4.44. The van der Waals surface area contributed by atoms with Crippen LogP contribution in [0, 0.1) is 0 Å². The van der Waals surface area contributed by atoms with E-state index in [0.29, 0.717) is 0 Å². The predicted molar refractivity (Wildman–Crippen MR) is 110 cm³/mol. The number of rotatable bonds is 7. The van der Waals surface area contributed by atoms with Crippen LogP contribution in [0.15, 0.2) is 108 Å². The van der Waals surface area contributed by atoms with E-state index >= 15 is 0 Å². The molecule has 0 amide bonds. The monoisotopic (exact) mass is 340 g/mol. The van der Waals surface area contributed by atoms with E-state index in [1.165, 1.54) is 0 Å². The zero-order valence-corrected chi connectivity index (χ0v) is 15.2. The third-order valence-corrected chi connectivity index (χ3v) is 4.74. The molecule has 0 N–H and O–H groups in total. The van der Waals surface area contributed by atoms with Gasteiger partial charge < -0.3 is 0 Å². The van der Waals surface area contributed by atoms with Crippen LogP contribution in [0.25, 0.3) is 0 Å². The summed E-state index contributed by atoms with van der Waals surface area (Å²) in [6.45, 7) is 10.3. The van der Waals surface area contributed by atoms with E-state index in [0.717, 1.165) is 28.8 Å². The SMILES string of the molecule is C=NN(C(=C)CC)C(c1ccccc1)(c1ccccc1)c1ccccc1. The summed E-state index contributed by atoms with van der Waals surface area (Å²) in [4.78, 5) is 0. The van der Waals surface area contributed by atoms with Crippen molar-refractivity contribution in [2.24, 2.45) is 5.10 Å². The molecule has 0 saturated carbocycles. The van der Waals surface area contributed by atoms with E-state index in [1.807, 2.05) is 23.2 Å². The highest BCUT2D eigenvalue weighted by Crippen LogP contribution is 2.44. The van der Waals surface area contributed by atoms with E-state index in [1.54, 1.807) is 0 Å². The second-order valence-electron chi connectivity index (χ2n) is 6.18. The third-order valence-electron chi connectivity index (χ3n) is 4.74. The highest BCUT2D eigenvalue weighted by molar-refractivity contribution is 5.51. The molecule has 130 valence electrons. The molecule has 3 rings (SSSR count). The first-order valence-electron chi connectivity index (χ1n) is 8.86. The normalized spacial score (nSPS) is 11.0. The molecule has 2 nitrogen and oxygen atoms in total. The summed E-state index contributed by atoms with van der Waals surface area (Å²) in [5, 5.41) is 6.41. The van der Waals surface area contributed by atoms with E-state index in [4.69, 9.17) is 0 Å². The molecule has 0 aromatic heterocycles. The standard InChI is InChI=1S/C24H24N2/c1-4-20(2)26(25-3)24(21-14-8-5-9-15-21,22-16-10-6-11-17-22)23-18-12-7-13-19-23/h5-19H,2-4H2,1H3. The Bertz CT molecular complexity index is 758. The van der Waals surface area contributed by atoms with Crippen molar-refractivity contribution < 1.29 is 0 Å². The molecule has 0 heterocycles. The first-order valence-corrected chi connectivity index (χ1v) is 8.86. The number of hydrazone groups is 1. The van der Waals surface area contributed by atoms with Crippen molar-refractivity contribution in [3.63, 3.8) is 0 Å². The summed E-state index contributed by atoms with van der Waals surface area (Å²) in [5.41, 5.74) is 3.66. The second kappa shape index (κ2) is 7.83. The van der Waals surface area contributed by atoms with Gasteiger partial charge in [0.05, 0.1) is 0 Å². The molecule has 0 fully saturated rings. The van der Waals surface area contributed by atoms with Crippen LogP contribution in [0.2, 0.25) is 0 Å². The molecule has 0 atom stereocenters. The number of benzene rings is 3. The zero-order valence-electron chi connectivity index (χ0n) is 15.2. The average molecular weight is 340 g/mol. The number of nitrogens with zero attached hydrogens (tertiary/aromatic N) is 2. The lowest BCUT2D eigenvalue weighted by Gasteiger charge is -2.44. The van der Waals surface area contributed by atoms with Crippen LogP contribution >= 0.6 is 0 Å². The van der Waals surface area contributed by atoms with E-state index in [9.17, 15) is 0 Å². The highest BCUT2D eigenvalue weighted by Gasteiger charge is 2.42. The minimum Gasteiger partial charge on any atom is -0.251 e. The summed E-state index contributed by atoms with van der Waals surface area (Å²) in [5.74, 6) is 0. The van der Waals surface area contributed by atoms with Crippen molar-refractivity contribution in [3.05, 3.63) is 120 Å². The van der Waals surface area contributed by atoms with Crippen molar-refractivity contribution >= 4 is 6.72 Å². The van der Waals surface area contributed by atoms with Crippen molar-refractivity contribution in [1.29, 1.82) is 0 Å². The van der Waals surface area contributed by atoms with Gasteiger partial charge in [-0.3, -0.25) is 5.01 Å². The summed E-state index contributed by atoms with van der Waals surface area (Å²) in [6.07, 6.45) is 0.785. The van der Waals surface area contributed by atoms with Crippen molar-refractivity contribution in [2.75, 3.05) is 0 Å². The third kappa shape index (κ3) is 2.95. The molecular weight excluding hydrogens is 316 g/mol. The summed E-state index contributed by atoms with van der Waals surface area (Å²) in [7, 11) is 0. The van der Waals surface area contributed by atoms with Gasteiger partial charge in [0, 0.05) is 12.4 Å². The molecule has 3 aromatic carbocycles. The van der Waals surface area contributed by atoms with Gasteiger partial charge in [0.25, 0.3) is 0 Å². The summed E-state index contributed by atoms with van der Waals surface area (Å²) < 4.78 is 0. The molecule has 0 spiro atoms. The first kappa shape index (κ1) is 17.7. The predicted octanol–water partition coefficient (Wildman–Crippen LogP) is 5.82. The molecule has 26 heavy (non-hydrogen) atoms. The second-order valence-corrected chi connectivity index (χ2v) is 6.18. The minimum atomic E-state index is -0.626. The first-order chi connectivity index (χ1) is 12.7. The van der Waals surface area contributed by atoms with Gasteiger partial charge >= 0.3 is 0 Å². The lowest BCUT2D eigenvalue weighted by Crippen LogP contribution is -2.44. The minimum absolute atomic E-state index is 0.626. The molecule has 0 aliphatic rings. The summed E-state index contributed by atoms with van der Waals surface area (Å²) in [6, 6.07) is 31.3. The topological polar surface area (TPSA) is 15.6 Å². The van der Waals surface area contributed by atoms with Crippen LogP contribution in [0.1, 0.15) is 30.0 Å². The van der Waals surface area contributed by atoms with Crippen molar-refractivity contribution in [2.45, 2.75) is 18.9 Å². The fraction of sp³-hybridized carbons (Fsp3) is 0.125. The maximum absolute atomic E-state index is 4.44. The van der Waals surface area contributed by atoms with Gasteiger partial charge in [0.15, 0.2) is 0 Å². The van der Waals surface area contributed by atoms with Gasteiger partial charge in [-0.25, -0.2) is 0 Å². The summed E-state index contributed by atoms with van der Waals surface area (Å²) >= 11 is 0. The number of hydrogen-bond acceptors (Lipinski definition) is 2. The Morgan fingerprint density at radius 3 is 1.38 bits per heavy atom. The molecule has 0 aliphatic heterocycles. The fourth-order valence-corrected chi connectivity index (χ4v) is 3.50. The maximum Gasteiger partial charge on any atom is 0.138 e. The van der Waals surface area contributed by atoms with Crippen LogP contribution in [0.4, 0.5) is 0 Å². The van der Waals surface area contributed by atoms with Gasteiger partial charge in [-0.05, 0) is 23.1 Å². The highest BCUT2D eigenvalue weighted by atomic mass is 15.5. The van der Waals surface area contributed by atoms with Crippen molar-refractivity contribution in [3.8, 4) is 0 Å². The number of hydrogen-bond donors (Lipinski definition) is 0. The lowest BCUT2D eigenvalue weighted by atomic mass is 9.76. The molecule has 0 radical (unpaired) electrons. The van der Waals surface area contributed by atoms with Gasteiger partial charge in [-0.1, -0.05) is 104 Å². The Morgan fingerprint density at radius 2 is 1.12 bits per heavy atom. The molecule has 0 bridgehead atoms. The van der Waals surface area contributed by atoms with Crippen LogP contribution in [0.3, 0.4) is 0 Å². The molecule has 2 heteroatoms. The van der Waals surface area contributed by atoms with Gasteiger partial charge in [0.1, 0.15) is 5.54 Å². The fourth-order valence-electron chi connectivity index (χ4n) is 3.50. The number of allylic oxidation sites excluding steroid dienone is 1. The Kier molecular flexibility index (Phi) is 5.33. The van der Waals surface area contributed by atoms with E-state index < -0.39 is 5.54 Å². The zero-order chi connectivity index (χ0) is 18.4. The lowest BCUT2D eigenvalue weighted by molar-refractivity contribution is 0.215. The molecular formula is C24H24N2. The van der Waals surface area contributed by atoms with Crippen LogP contribution in [0.5, 0.6) is 0 Å². The van der Waals surface area contributed by atoms with Gasteiger partial charge in [-0.2, -0.15) is 5.10 Å². The molecule has 0 aliphatic carbocycles.